The van der Waals surface area contributed by atoms with Gasteiger partial charge >= 0.3 is 0 Å². The summed E-state index contributed by atoms with van der Waals surface area (Å²) in [5.74, 6) is -0.391. The highest BCUT2D eigenvalue weighted by Gasteiger charge is 2.10. The number of fused-ring (bicyclic) bond motifs is 1. The first kappa shape index (κ1) is 17.8. The summed E-state index contributed by atoms with van der Waals surface area (Å²) < 4.78 is 1.44. The average Bonchev–Trinajstić information content (AvgIpc) is 3.07. The van der Waals surface area contributed by atoms with E-state index in [1.54, 1.807) is 24.3 Å². The van der Waals surface area contributed by atoms with E-state index in [1.165, 1.54) is 29.2 Å². The van der Waals surface area contributed by atoms with E-state index in [4.69, 9.17) is 0 Å². The van der Waals surface area contributed by atoms with Gasteiger partial charge in [0.25, 0.3) is 5.56 Å². The van der Waals surface area contributed by atoms with Crippen molar-refractivity contribution in [3.8, 4) is 0 Å². The Balaban J connectivity index is 1.68. The SMILES string of the molecule is CC(=O)Nc1cccc(NC(=O)CCn2cnc3sccc3c2=O)c1C. The molecule has 26 heavy (non-hydrogen) atoms. The lowest BCUT2D eigenvalue weighted by atomic mass is 10.1. The molecule has 2 aromatic heterocycles. The van der Waals surface area contributed by atoms with Crippen molar-refractivity contribution in [1.29, 1.82) is 0 Å². The molecule has 2 amide bonds. The number of amides is 2. The molecule has 0 bridgehead atoms. The van der Waals surface area contributed by atoms with Crippen LogP contribution in [0.2, 0.25) is 0 Å². The fraction of sp³-hybridized carbons (Fsp3) is 0.222. The zero-order valence-electron chi connectivity index (χ0n) is 14.4. The number of benzene rings is 1. The number of thiophene rings is 1. The van der Waals surface area contributed by atoms with Gasteiger partial charge in [0.1, 0.15) is 4.83 Å². The Bertz CT molecular complexity index is 1040. The van der Waals surface area contributed by atoms with Crippen molar-refractivity contribution in [3.63, 3.8) is 0 Å². The Hall–Kier alpha value is -3.00. The molecule has 8 heteroatoms. The summed E-state index contributed by atoms with van der Waals surface area (Å²) in [4.78, 5) is 40.7. The predicted molar refractivity (Wildman–Crippen MR) is 103 cm³/mol. The van der Waals surface area contributed by atoms with Gasteiger partial charge in [-0.1, -0.05) is 6.07 Å². The highest BCUT2D eigenvalue weighted by Crippen LogP contribution is 2.23. The average molecular weight is 370 g/mol. The van der Waals surface area contributed by atoms with E-state index in [9.17, 15) is 14.4 Å². The lowest BCUT2D eigenvalue weighted by molar-refractivity contribution is -0.116. The second kappa shape index (κ2) is 7.49. The first-order valence-corrected chi connectivity index (χ1v) is 8.93. The van der Waals surface area contributed by atoms with Crippen LogP contribution < -0.4 is 16.2 Å². The van der Waals surface area contributed by atoms with Crippen LogP contribution in [0.15, 0.2) is 40.8 Å². The summed E-state index contributed by atoms with van der Waals surface area (Å²) in [5, 5.41) is 7.93. The molecule has 0 radical (unpaired) electrons. The van der Waals surface area contributed by atoms with Crippen LogP contribution in [-0.2, 0) is 16.1 Å². The molecule has 0 spiro atoms. The van der Waals surface area contributed by atoms with Crippen molar-refractivity contribution in [3.05, 3.63) is 51.9 Å². The zero-order chi connectivity index (χ0) is 18.7. The lowest BCUT2D eigenvalue weighted by Gasteiger charge is -2.13. The van der Waals surface area contributed by atoms with Crippen LogP contribution >= 0.6 is 11.3 Å². The number of carbonyl (C=O) groups excluding carboxylic acids is 2. The summed E-state index contributed by atoms with van der Waals surface area (Å²) in [7, 11) is 0. The van der Waals surface area contributed by atoms with Crippen LogP contribution in [-0.4, -0.2) is 21.4 Å². The van der Waals surface area contributed by atoms with Crippen LogP contribution in [0.3, 0.4) is 0 Å². The fourth-order valence-corrected chi connectivity index (χ4v) is 3.31. The van der Waals surface area contributed by atoms with Gasteiger partial charge in [-0.3, -0.25) is 19.0 Å². The van der Waals surface area contributed by atoms with Crippen molar-refractivity contribution >= 4 is 44.7 Å². The number of nitrogens with one attached hydrogen (secondary N) is 2. The third-order valence-electron chi connectivity index (χ3n) is 3.95. The van der Waals surface area contributed by atoms with Crippen molar-refractivity contribution in [2.24, 2.45) is 0 Å². The van der Waals surface area contributed by atoms with Crippen LogP contribution in [0.1, 0.15) is 18.9 Å². The minimum absolute atomic E-state index is 0.140. The molecule has 134 valence electrons. The molecule has 0 saturated carbocycles. The Labute approximate surface area is 153 Å². The van der Waals surface area contributed by atoms with E-state index in [0.29, 0.717) is 21.6 Å². The molecule has 1 aromatic carbocycles. The van der Waals surface area contributed by atoms with Crippen molar-refractivity contribution < 1.29 is 9.59 Å². The van der Waals surface area contributed by atoms with Crippen LogP contribution in [0.25, 0.3) is 10.2 Å². The second-order valence-corrected chi connectivity index (χ2v) is 6.73. The number of nitrogens with zero attached hydrogens (tertiary/aromatic N) is 2. The van der Waals surface area contributed by atoms with Gasteiger partial charge in [0.15, 0.2) is 0 Å². The van der Waals surface area contributed by atoms with Crippen molar-refractivity contribution in [2.45, 2.75) is 26.8 Å². The molecule has 3 rings (SSSR count). The molecular weight excluding hydrogens is 352 g/mol. The second-order valence-electron chi connectivity index (χ2n) is 5.84. The number of hydrogen-bond donors (Lipinski definition) is 2. The molecule has 0 aliphatic rings. The van der Waals surface area contributed by atoms with Gasteiger partial charge in [-0.05, 0) is 36.1 Å². The number of anilines is 2. The molecule has 0 unspecified atom stereocenters. The van der Waals surface area contributed by atoms with Crippen LogP contribution in [0.5, 0.6) is 0 Å². The molecule has 0 fully saturated rings. The molecule has 0 aliphatic carbocycles. The Morgan fingerprint density at radius 1 is 1.19 bits per heavy atom. The molecule has 2 N–H and O–H groups in total. The minimum Gasteiger partial charge on any atom is -0.326 e. The number of aryl methyl sites for hydroxylation is 1. The standard InChI is InChI=1S/C18H18N4O3S/c1-11-14(20-12(2)23)4-3-5-15(11)21-16(24)6-8-22-10-19-17-13(18(22)25)7-9-26-17/h3-5,7,9-10H,6,8H2,1-2H3,(H,20,23)(H,21,24). The van der Waals surface area contributed by atoms with E-state index in [-0.39, 0.29) is 30.3 Å². The minimum atomic E-state index is -0.217. The number of carbonyl (C=O) groups is 2. The van der Waals surface area contributed by atoms with Gasteiger partial charge < -0.3 is 10.6 Å². The Morgan fingerprint density at radius 3 is 2.65 bits per heavy atom. The van der Waals surface area contributed by atoms with E-state index in [1.807, 2.05) is 12.3 Å². The van der Waals surface area contributed by atoms with E-state index in [0.717, 1.165) is 5.56 Å². The molecule has 0 saturated heterocycles. The third-order valence-corrected chi connectivity index (χ3v) is 4.77. The number of rotatable bonds is 5. The summed E-state index contributed by atoms with van der Waals surface area (Å²) in [6.07, 6.45) is 1.61. The smallest absolute Gasteiger partial charge is 0.262 e. The molecule has 7 nitrogen and oxygen atoms in total. The molecule has 0 aliphatic heterocycles. The number of hydrogen-bond acceptors (Lipinski definition) is 5. The first-order valence-electron chi connectivity index (χ1n) is 8.05. The highest BCUT2D eigenvalue weighted by atomic mass is 32.1. The monoisotopic (exact) mass is 370 g/mol. The van der Waals surface area contributed by atoms with Gasteiger partial charge in [0.05, 0.1) is 11.7 Å². The van der Waals surface area contributed by atoms with Gasteiger partial charge in [-0.15, -0.1) is 11.3 Å². The normalized spacial score (nSPS) is 10.7. The van der Waals surface area contributed by atoms with E-state index < -0.39 is 0 Å². The quantitative estimate of drug-likeness (QED) is 0.722. The maximum atomic E-state index is 12.3. The van der Waals surface area contributed by atoms with Crippen LogP contribution in [0, 0.1) is 6.92 Å². The van der Waals surface area contributed by atoms with Gasteiger partial charge in [-0.2, -0.15) is 0 Å². The first-order chi connectivity index (χ1) is 12.5. The summed E-state index contributed by atoms with van der Waals surface area (Å²) in [6.45, 7) is 3.49. The number of aromatic nitrogens is 2. The maximum absolute atomic E-state index is 12.3. The third kappa shape index (κ3) is 3.80. The Kier molecular flexibility index (Phi) is 5.13. The molecular formula is C18H18N4O3S. The predicted octanol–water partition coefficient (Wildman–Crippen LogP) is 2.75. The highest BCUT2D eigenvalue weighted by molar-refractivity contribution is 7.16. The lowest BCUT2D eigenvalue weighted by Crippen LogP contribution is -2.23. The largest absolute Gasteiger partial charge is 0.326 e. The van der Waals surface area contributed by atoms with Gasteiger partial charge in [-0.25, -0.2) is 4.98 Å². The van der Waals surface area contributed by atoms with Gasteiger partial charge in [0, 0.05) is 31.3 Å². The Morgan fingerprint density at radius 2 is 1.92 bits per heavy atom. The fourth-order valence-electron chi connectivity index (χ4n) is 2.58. The topological polar surface area (TPSA) is 93.1 Å². The molecule has 0 atom stereocenters. The molecule has 2 heterocycles. The van der Waals surface area contributed by atoms with Crippen molar-refractivity contribution in [1.82, 2.24) is 9.55 Å². The summed E-state index contributed by atoms with van der Waals surface area (Å²) >= 11 is 1.41. The zero-order valence-corrected chi connectivity index (χ0v) is 15.2. The van der Waals surface area contributed by atoms with Crippen molar-refractivity contribution in [2.75, 3.05) is 10.6 Å². The van der Waals surface area contributed by atoms with Gasteiger partial charge in [0.2, 0.25) is 11.8 Å². The van der Waals surface area contributed by atoms with Crippen LogP contribution in [0.4, 0.5) is 11.4 Å². The van der Waals surface area contributed by atoms with E-state index in [2.05, 4.69) is 15.6 Å². The summed E-state index contributed by atoms with van der Waals surface area (Å²) in [6, 6.07) is 7.03. The summed E-state index contributed by atoms with van der Waals surface area (Å²) in [5.41, 5.74) is 1.90. The maximum Gasteiger partial charge on any atom is 0.262 e. The van der Waals surface area contributed by atoms with E-state index >= 15 is 0 Å². The molecule has 3 aromatic rings.